The molecule has 6 nitrogen and oxygen atoms in total. The molecule has 0 aliphatic heterocycles. The van der Waals surface area contributed by atoms with Gasteiger partial charge in [-0.15, -0.1) is 11.3 Å². The second-order valence-electron chi connectivity index (χ2n) is 5.35. The maximum absolute atomic E-state index is 11.8. The molecule has 1 heterocycles. The van der Waals surface area contributed by atoms with Gasteiger partial charge in [0.1, 0.15) is 11.6 Å². The summed E-state index contributed by atoms with van der Waals surface area (Å²) >= 11 is 1.28. The first-order valence-electron chi connectivity index (χ1n) is 7.66. The fourth-order valence-corrected chi connectivity index (χ4v) is 2.70. The predicted octanol–water partition coefficient (Wildman–Crippen LogP) is 2.94. The van der Waals surface area contributed by atoms with Crippen molar-refractivity contribution in [3.05, 3.63) is 40.9 Å². The Morgan fingerprint density at radius 2 is 2.21 bits per heavy atom. The second-order valence-corrected chi connectivity index (χ2v) is 6.21. The minimum absolute atomic E-state index is 0.0379. The van der Waals surface area contributed by atoms with Crippen LogP contribution in [0.2, 0.25) is 0 Å². The number of ether oxygens (including phenoxy) is 1. The summed E-state index contributed by atoms with van der Waals surface area (Å²) in [6, 6.07) is 7.50. The number of aromatic nitrogens is 1. The Balaban J connectivity index is 1.95. The number of benzene rings is 1. The number of amides is 1. The molecule has 2 aromatic rings. The number of rotatable bonds is 8. The molecule has 0 saturated carbocycles. The third kappa shape index (κ3) is 5.14. The molecule has 0 bridgehead atoms. The standard InChI is InChI=1S/C17H20N2O4S/c1-3-11(2)23-9-15(20)18-8-12-5-4-6-13(7-12)16-19-14(10-24-16)17(21)22/h4-7,10-11H,3,8-9H2,1-2H3,(H,18,20)(H,21,22). The van der Waals surface area contributed by atoms with E-state index < -0.39 is 5.97 Å². The fourth-order valence-electron chi connectivity index (χ4n) is 1.91. The van der Waals surface area contributed by atoms with E-state index in [-0.39, 0.29) is 24.3 Å². The fraction of sp³-hybridized carbons (Fsp3) is 0.353. The molecule has 1 unspecified atom stereocenters. The minimum Gasteiger partial charge on any atom is -0.476 e. The average Bonchev–Trinajstić information content (AvgIpc) is 3.08. The summed E-state index contributed by atoms with van der Waals surface area (Å²) in [5.74, 6) is -1.20. The van der Waals surface area contributed by atoms with Crippen LogP contribution in [0.25, 0.3) is 10.6 Å². The van der Waals surface area contributed by atoms with Crippen LogP contribution in [0.15, 0.2) is 29.6 Å². The monoisotopic (exact) mass is 348 g/mol. The van der Waals surface area contributed by atoms with E-state index in [4.69, 9.17) is 9.84 Å². The lowest BCUT2D eigenvalue weighted by atomic mass is 10.1. The van der Waals surface area contributed by atoms with Gasteiger partial charge in [-0.05, 0) is 25.0 Å². The number of nitrogens with one attached hydrogen (secondary N) is 1. The number of carboxylic acid groups (broad SMARTS) is 1. The lowest BCUT2D eigenvalue weighted by Gasteiger charge is -2.11. The SMILES string of the molecule is CCC(C)OCC(=O)NCc1cccc(-c2nc(C(=O)O)cs2)c1. The highest BCUT2D eigenvalue weighted by atomic mass is 32.1. The van der Waals surface area contributed by atoms with Gasteiger partial charge in [0.15, 0.2) is 5.69 Å². The molecule has 0 aliphatic carbocycles. The van der Waals surface area contributed by atoms with Gasteiger partial charge >= 0.3 is 5.97 Å². The van der Waals surface area contributed by atoms with Crippen LogP contribution in [0, 0.1) is 0 Å². The van der Waals surface area contributed by atoms with E-state index in [0.29, 0.717) is 11.6 Å². The van der Waals surface area contributed by atoms with Crippen LogP contribution in [0.4, 0.5) is 0 Å². The van der Waals surface area contributed by atoms with Gasteiger partial charge in [-0.1, -0.05) is 25.1 Å². The van der Waals surface area contributed by atoms with Gasteiger partial charge in [0.2, 0.25) is 5.91 Å². The maximum Gasteiger partial charge on any atom is 0.355 e. The molecule has 0 fully saturated rings. The van der Waals surface area contributed by atoms with Crippen LogP contribution in [-0.4, -0.2) is 34.7 Å². The number of nitrogens with zero attached hydrogens (tertiary/aromatic N) is 1. The Morgan fingerprint density at radius 1 is 1.42 bits per heavy atom. The van der Waals surface area contributed by atoms with Crippen molar-refractivity contribution >= 4 is 23.2 Å². The Morgan fingerprint density at radius 3 is 2.88 bits per heavy atom. The van der Waals surface area contributed by atoms with Crippen LogP contribution in [0.3, 0.4) is 0 Å². The van der Waals surface area contributed by atoms with E-state index in [9.17, 15) is 9.59 Å². The van der Waals surface area contributed by atoms with E-state index in [1.807, 2.05) is 38.1 Å². The van der Waals surface area contributed by atoms with Crippen molar-refractivity contribution in [3.8, 4) is 10.6 Å². The normalized spacial score (nSPS) is 11.9. The molecular formula is C17H20N2O4S. The molecule has 0 radical (unpaired) electrons. The van der Waals surface area contributed by atoms with E-state index in [1.54, 1.807) is 0 Å². The van der Waals surface area contributed by atoms with Crippen molar-refractivity contribution in [2.45, 2.75) is 32.9 Å². The van der Waals surface area contributed by atoms with Gasteiger partial charge in [0.25, 0.3) is 0 Å². The number of hydrogen-bond acceptors (Lipinski definition) is 5. The molecule has 1 aromatic heterocycles. The molecule has 0 aliphatic rings. The van der Waals surface area contributed by atoms with Crippen LogP contribution < -0.4 is 5.32 Å². The lowest BCUT2D eigenvalue weighted by molar-refractivity contribution is -0.127. The summed E-state index contributed by atoms with van der Waals surface area (Å²) < 4.78 is 5.38. The maximum atomic E-state index is 11.8. The molecule has 0 saturated heterocycles. The molecule has 1 amide bonds. The summed E-state index contributed by atoms with van der Waals surface area (Å²) in [6.07, 6.45) is 0.925. The van der Waals surface area contributed by atoms with Gasteiger partial charge < -0.3 is 15.2 Å². The molecule has 7 heteroatoms. The van der Waals surface area contributed by atoms with Gasteiger partial charge in [-0.3, -0.25) is 4.79 Å². The lowest BCUT2D eigenvalue weighted by Crippen LogP contribution is -2.28. The molecule has 2 N–H and O–H groups in total. The molecule has 128 valence electrons. The Labute approximate surface area is 144 Å². The number of aromatic carboxylic acids is 1. The average molecular weight is 348 g/mol. The zero-order valence-electron chi connectivity index (χ0n) is 13.6. The summed E-state index contributed by atoms with van der Waals surface area (Å²) in [7, 11) is 0. The highest BCUT2D eigenvalue weighted by Gasteiger charge is 2.11. The van der Waals surface area contributed by atoms with E-state index >= 15 is 0 Å². The van der Waals surface area contributed by atoms with Crippen LogP contribution in [0.5, 0.6) is 0 Å². The zero-order valence-corrected chi connectivity index (χ0v) is 14.4. The molecule has 24 heavy (non-hydrogen) atoms. The molecule has 1 aromatic carbocycles. The first kappa shape index (κ1) is 18.1. The van der Waals surface area contributed by atoms with Crippen molar-refractivity contribution in [2.24, 2.45) is 0 Å². The van der Waals surface area contributed by atoms with Crippen molar-refractivity contribution < 1.29 is 19.4 Å². The van der Waals surface area contributed by atoms with Crippen LogP contribution in [0.1, 0.15) is 36.3 Å². The van der Waals surface area contributed by atoms with E-state index in [0.717, 1.165) is 17.5 Å². The van der Waals surface area contributed by atoms with Crippen LogP contribution in [-0.2, 0) is 16.1 Å². The third-order valence-electron chi connectivity index (χ3n) is 3.46. The molecule has 1 atom stereocenters. The number of carboxylic acids is 1. The summed E-state index contributed by atoms with van der Waals surface area (Å²) in [5.41, 5.74) is 1.78. The van der Waals surface area contributed by atoms with Gasteiger partial charge in [0.05, 0.1) is 6.10 Å². The summed E-state index contributed by atoms with van der Waals surface area (Å²) in [5, 5.41) is 13.9. The first-order chi connectivity index (χ1) is 11.5. The quantitative estimate of drug-likeness (QED) is 0.766. The number of carbonyl (C=O) groups is 2. The largest absolute Gasteiger partial charge is 0.476 e. The molecule has 0 spiro atoms. The minimum atomic E-state index is -1.04. The van der Waals surface area contributed by atoms with E-state index in [1.165, 1.54) is 16.7 Å². The Hall–Kier alpha value is -2.25. The smallest absolute Gasteiger partial charge is 0.355 e. The second kappa shape index (κ2) is 8.56. The Kier molecular flexibility index (Phi) is 6.45. The van der Waals surface area contributed by atoms with Crippen molar-refractivity contribution in [1.82, 2.24) is 10.3 Å². The summed E-state index contributed by atoms with van der Waals surface area (Å²) in [4.78, 5) is 26.8. The summed E-state index contributed by atoms with van der Waals surface area (Å²) in [6.45, 7) is 4.36. The van der Waals surface area contributed by atoms with Gasteiger partial charge in [0, 0.05) is 17.5 Å². The van der Waals surface area contributed by atoms with Crippen molar-refractivity contribution in [3.63, 3.8) is 0 Å². The zero-order chi connectivity index (χ0) is 17.5. The molecule has 2 rings (SSSR count). The highest BCUT2D eigenvalue weighted by molar-refractivity contribution is 7.13. The van der Waals surface area contributed by atoms with E-state index in [2.05, 4.69) is 10.3 Å². The third-order valence-corrected chi connectivity index (χ3v) is 4.35. The van der Waals surface area contributed by atoms with Gasteiger partial charge in [-0.25, -0.2) is 9.78 Å². The Bertz CT molecular complexity index is 714. The molecular weight excluding hydrogens is 328 g/mol. The number of hydrogen-bond donors (Lipinski definition) is 2. The highest BCUT2D eigenvalue weighted by Crippen LogP contribution is 2.24. The van der Waals surface area contributed by atoms with Crippen molar-refractivity contribution in [1.29, 1.82) is 0 Å². The van der Waals surface area contributed by atoms with Crippen molar-refractivity contribution in [2.75, 3.05) is 6.61 Å². The number of thiazole rings is 1. The number of carbonyl (C=O) groups excluding carboxylic acids is 1. The predicted molar refractivity (Wildman–Crippen MR) is 92.1 cm³/mol. The first-order valence-corrected chi connectivity index (χ1v) is 8.54. The topological polar surface area (TPSA) is 88.5 Å². The van der Waals surface area contributed by atoms with Gasteiger partial charge in [-0.2, -0.15) is 0 Å². The van der Waals surface area contributed by atoms with Crippen LogP contribution >= 0.6 is 11.3 Å².